The van der Waals surface area contributed by atoms with Crippen molar-refractivity contribution in [2.24, 2.45) is 5.73 Å². The third kappa shape index (κ3) is 26.5. The van der Waals surface area contributed by atoms with Crippen LogP contribution in [0.1, 0.15) is 85.1 Å². The Hall–Kier alpha value is -12.0. The van der Waals surface area contributed by atoms with Gasteiger partial charge in [0.25, 0.3) is 11.6 Å². The predicted molar refractivity (Wildman–Crippen MR) is 353 cm³/mol. The van der Waals surface area contributed by atoms with Gasteiger partial charge < -0.3 is 56.3 Å². The first-order valence-corrected chi connectivity index (χ1v) is 31.6. The van der Waals surface area contributed by atoms with Crippen LogP contribution in [0.4, 0.5) is 71.5 Å². The molecule has 0 fully saturated rings. The number of ether oxygens (including phenoxy) is 2. The number of esters is 2. The first kappa shape index (κ1) is 87.7. The second-order valence-electron chi connectivity index (χ2n) is 23.9. The third-order valence-electron chi connectivity index (χ3n) is 15.4. The first-order valence-electron chi connectivity index (χ1n) is 31.6. The summed E-state index contributed by atoms with van der Waals surface area (Å²) in [5.41, 5.74) is 10.3. The SMILES string of the molecule is CC(=O)NC1CC=C(c2cccc(F)c2F)CN(CC(F)(F)F)C1=O.Cc1ccc(C(=O)OC(C(=O)O)C(OC(=O)c2ccc(C)cc2)C(=O)O)cc1.NC1CC=C(c2cccc(F)c2F)CN(CC(F)(F)F)C1=O.O=Cc1cc([N+](=O)[O-])ccc1O.[NH3+][C@H]1CC=C(c2cccc(F)c2F)CN(CC(F)(F)F)C1=O. The van der Waals surface area contributed by atoms with E-state index in [0.29, 0.717) is 21.0 Å². The first-order chi connectivity index (χ1) is 50.8. The van der Waals surface area contributed by atoms with Crippen LogP contribution in [-0.2, 0) is 38.2 Å². The smallest absolute Gasteiger partial charge is 0.406 e. The molecule has 3 aliphatic rings. The van der Waals surface area contributed by atoms with E-state index in [9.17, 15) is 129 Å². The minimum absolute atomic E-state index is 0.0332. The molecule has 5 atom stereocenters. The summed E-state index contributed by atoms with van der Waals surface area (Å²) < 4.78 is 205. The Kier molecular flexibility index (Phi) is 31.0. The molecule has 9 rings (SSSR count). The van der Waals surface area contributed by atoms with Gasteiger partial charge in [-0.25, -0.2) is 45.5 Å². The van der Waals surface area contributed by atoms with Gasteiger partial charge in [0, 0.05) is 61.8 Å². The van der Waals surface area contributed by atoms with Crippen molar-refractivity contribution in [1.29, 1.82) is 0 Å². The fourth-order valence-corrected chi connectivity index (χ4v) is 10.1. The number of aryl methyl sites for hydroxylation is 2. The van der Waals surface area contributed by atoms with Crippen LogP contribution in [0, 0.1) is 58.9 Å². The number of nitrogens with zero attached hydrogens (tertiary/aromatic N) is 4. The number of nitrogens with two attached hydrogens (primary N) is 1. The van der Waals surface area contributed by atoms with Crippen molar-refractivity contribution in [2.45, 2.75) is 88.9 Å². The number of phenolic OH excluding ortho intramolecular Hbond substituents is 1. The van der Waals surface area contributed by atoms with Gasteiger partial charge in [0.2, 0.25) is 29.9 Å². The van der Waals surface area contributed by atoms with Crippen LogP contribution in [0.2, 0.25) is 0 Å². The number of phenols is 1. The molecule has 0 spiro atoms. The monoisotopic (exact) mass is 1560 g/mol. The minimum Gasteiger partial charge on any atom is -0.507 e. The van der Waals surface area contributed by atoms with Crippen LogP contribution in [0.15, 0.2) is 140 Å². The number of amides is 4. The van der Waals surface area contributed by atoms with Crippen LogP contribution < -0.4 is 16.8 Å². The molecule has 0 saturated carbocycles. The van der Waals surface area contributed by atoms with Crippen molar-refractivity contribution in [2.75, 3.05) is 39.3 Å². The number of aldehydes is 1. The number of halogens is 15. The van der Waals surface area contributed by atoms with E-state index in [-0.39, 0.29) is 80.8 Å². The summed E-state index contributed by atoms with van der Waals surface area (Å²) >= 11 is 0. The van der Waals surface area contributed by atoms with Crippen LogP contribution >= 0.6 is 0 Å². The lowest BCUT2D eigenvalue weighted by Crippen LogP contribution is -2.67. The number of alkyl halides is 9. The fraction of sp³-hybridized carbons (Fsp3) is 0.282. The highest BCUT2D eigenvalue weighted by Gasteiger charge is 2.43. The predicted octanol–water partition coefficient (Wildman–Crippen LogP) is 10.2. The number of nitro benzene ring substituents is 1. The molecule has 584 valence electrons. The lowest BCUT2D eigenvalue weighted by molar-refractivity contribution is -0.404. The maximum Gasteiger partial charge on any atom is 0.406 e. The van der Waals surface area contributed by atoms with Crippen molar-refractivity contribution in [3.63, 3.8) is 0 Å². The summed E-state index contributed by atoms with van der Waals surface area (Å²) in [7, 11) is 0. The number of nitro groups is 1. The van der Waals surface area contributed by atoms with Gasteiger partial charge in [-0.3, -0.25) is 34.1 Å². The number of rotatable bonds is 16. The fourth-order valence-electron chi connectivity index (χ4n) is 10.1. The van der Waals surface area contributed by atoms with Crippen LogP contribution in [0.3, 0.4) is 0 Å². The molecule has 6 aromatic carbocycles. The molecular formula is C71H65F15N7O16+. The van der Waals surface area contributed by atoms with E-state index in [1.807, 2.05) is 0 Å². The van der Waals surface area contributed by atoms with E-state index in [0.717, 1.165) is 54.4 Å². The number of aromatic hydroxyl groups is 1. The Morgan fingerprint density at radius 2 is 0.936 bits per heavy atom. The number of benzene rings is 6. The molecule has 23 nitrogen and oxygen atoms in total. The molecule has 3 aliphatic heterocycles. The highest BCUT2D eigenvalue weighted by atomic mass is 19.4. The average Bonchev–Trinajstić information content (AvgIpc) is 1.80. The molecule has 38 heteroatoms. The average molecular weight is 1560 g/mol. The molecule has 4 amide bonds. The largest absolute Gasteiger partial charge is 0.507 e. The Morgan fingerprint density at radius 3 is 1.28 bits per heavy atom. The van der Waals surface area contributed by atoms with Crippen LogP contribution in [-0.4, -0.2) is 177 Å². The van der Waals surface area contributed by atoms with Gasteiger partial charge in [0.1, 0.15) is 31.4 Å². The van der Waals surface area contributed by atoms with E-state index >= 15 is 0 Å². The molecule has 0 saturated heterocycles. The zero-order valence-corrected chi connectivity index (χ0v) is 57.0. The van der Waals surface area contributed by atoms with E-state index in [2.05, 4.69) is 11.1 Å². The Bertz CT molecular complexity index is 4260. The van der Waals surface area contributed by atoms with E-state index in [1.54, 1.807) is 38.1 Å². The molecule has 4 unspecified atom stereocenters. The van der Waals surface area contributed by atoms with Gasteiger partial charge in [-0.15, -0.1) is 0 Å². The number of non-ortho nitro benzene ring substituents is 1. The lowest BCUT2D eigenvalue weighted by atomic mass is 10.0. The van der Waals surface area contributed by atoms with Crippen molar-refractivity contribution in [1.82, 2.24) is 20.0 Å². The van der Waals surface area contributed by atoms with Gasteiger partial charge >= 0.3 is 42.4 Å². The Labute approximate surface area is 607 Å². The molecule has 0 aliphatic carbocycles. The number of carbonyl (C=O) groups is 9. The summed E-state index contributed by atoms with van der Waals surface area (Å²) in [6.45, 7) is -1.26. The highest BCUT2D eigenvalue weighted by Crippen LogP contribution is 2.32. The Balaban J connectivity index is 0.000000249. The summed E-state index contributed by atoms with van der Waals surface area (Å²) in [6.07, 6.45) is -13.9. The highest BCUT2D eigenvalue weighted by molar-refractivity contribution is 5.96. The van der Waals surface area contributed by atoms with Crippen molar-refractivity contribution in [3.8, 4) is 5.75 Å². The van der Waals surface area contributed by atoms with Gasteiger partial charge in [-0.1, -0.05) is 90.0 Å². The number of aliphatic carboxylic acids is 2. The minimum atomic E-state index is -4.67. The van der Waals surface area contributed by atoms with Crippen molar-refractivity contribution in [3.05, 3.63) is 229 Å². The third-order valence-corrected chi connectivity index (χ3v) is 15.4. The zero-order valence-electron chi connectivity index (χ0n) is 57.0. The molecule has 3 heterocycles. The molecule has 0 bridgehead atoms. The standard InChI is InChI=1S/C20H18O8.C16H15F5N2O2.2C14H13F5N2O.C7H5NO4/c1-11-3-7-13(8-4-11)19(25)27-15(17(21)22)16(18(23)24)28-20(26)14-9-5-12(2)6-10-14;1-9(24)22-13-6-5-10(11-3-2-4-12(17)14(11)18)7-23(15(13)25)8-16(19,20)21;2*15-10-3-1-2-9(12(10)16)8-4-5-11(20)13(22)21(6-8)7-14(17,18)19;9-4-5-3-6(8(11)12)1-2-7(5)10/h3-10,15-16H,1-2H3,(H,21,22)(H,23,24);2-5,13H,6-8H2,1H3,(H,22,24);2*1-4,11H,5-7,20H2;1-4,10H/p+1/t;;11-;;/m..0../s1. The van der Waals surface area contributed by atoms with Crippen molar-refractivity contribution >= 4 is 76.2 Å². The number of hydrogen-bond donors (Lipinski definition) is 6. The number of quaternary nitrogens is 1. The number of nitrogens with one attached hydrogen (secondary N) is 1. The zero-order chi connectivity index (χ0) is 81.7. The maximum absolute atomic E-state index is 14.0. The summed E-state index contributed by atoms with van der Waals surface area (Å²) in [6, 6.07) is 22.3. The molecule has 0 aromatic heterocycles. The van der Waals surface area contributed by atoms with Gasteiger partial charge in [-0.2, -0.15) is 39.5 Å². The summed E-state index contributed by atoms with van der Waals surface area (Å²) in [5.74, 6) is -15.9. The van der Waals surface area contributed by atoms with Gasteiger partial charge in [-0.05, 0) is 91.9 Å². The quantitative estimate of drug-likeness (QED) is 0.0172. The Morgan fingerprint density at radius 1 is 0.578 bits per heavy atom. The maximum atomic E-state index is 14.0. The summed E-state index contributed by atoms with van der Waals surface area (Å²) in [5, 5.41) is 40.1. The molecule has 109 heavy (non-hydrogen) atoms. The lowest BCUT2D eigenvalue weighted by Gasteiger charge is -2.26. The van der Waals surface area contributed by atoms with E-state index in [4.69, 9.17) is 20.3 Å². The summed E-state index contributed by atoms with van der Waals surface area (Å²) in [4.78, 5) is 116. The van der Waals surface area contributed by atoms with Crippen LogP contribution in [0.5, 0.6) is 5.75 Å². The molecule has 9 N–H and O–H groups in total. The van der Waals surface area contributed by atoms with E-state index in [1.165, 1.54) is 78.9 Å². The van der Waals surface area contributed by atoms with E-state index < -0.39 is 175 Å². The number of hydrogen-bond acceptors (Lipinski definition) is 15. The second-order valence-corrected chi connectivity index (χ2v) is 23.9. The van der Waals surface area contributed by atoms with Crippen LogP contribution in [0.25, 0.3) is 16.7 Å². The molecular weight excluding hydrogens is 1490 g/mol. The number of carbonyl (C=O) groups excluding carboxylic acids is 7. The number of carboxylic acids is 2. The second kappa shape index (κ2) is 38.5. The normalized spacial score (nSPS) is 16.6. The number of carboxylic acid groups (broad SMARTS) is 2. The molecule has 0 radical (unpaired) electrons. The van der Waals surface area contributed by atoms with Gasteiger partial charge in [0.15, 0.2) is 47.2 Å². The van der Waals surface area contributed by atoms with Crippen molar-refractivity contribution < 1.29 is 144 Å². The van der Waals surface area contributed by atoms with Gasteiger partial charge in [0.05, 0.1) is 27.7 Å². The molecule has 6 aromatic rings. The topological polar surface area (TPSA) is 351 Å².